The first-order chi connectivity index (χ1) is 18.9. The molecule has 1 heterocycles. The largest absolute Gasteiger partial charge is 0.321 e. The molecule has 39 heavy (non-hydrogen) atoms. The number of carbonyl (C=O) groups excluding carboxylic acids is 3. The van der Waals surface area contributed by atoms with Crippen molar-refractivity contribution in [1.82, 2.24) is 10.3 Å². The van der Waals surface area contributed by atoms with Crippen LogP contribution in [0.4, 0.5) is 5.69 Å². The molecule has 0 aliphatic rings. The molecule has 0 aliphatic carbocycles. The van der Waals surface area contributed by atoms with Gasteiger partial charge in [-0.05, 0) is 83.3 Å². The van der Waals surface area contributed by atoms with Gasteiger partial charge >= 0.3 is 0 Å². The minimum Gasteiger partial charge on any atom is -0.321 e. The zero-order valence-corrected chi connectivity index (χ0v) is 21.8. The monoisotopic (exact) mass is 515 g/mol. The van der Waals surface area contributed by atoms with E-state index >= 15 is 0 Å². The smallest absolute Gasteiger partial charge is 0.272 e. The standard InChI is InChI=1S/C33H29N3O3/c1-23(2)26-13-10-24(11-14-26)21-30(36-32(38)28-8-4-3-5-9-28)33(39)35-29-17-15-27(16-18-29)31(37)19-12-25-7-6-20-34-22-25/h3-23H,1-2H3,(H,35,39)(H,36,38)/b19-12+,30-21-. The second-order valence-electron chi connectivity index (χ2n) is 9.21. The van der Waals surface area contributed by atoms with Gasteiger partial charge in [0, 0.05) is 29.2 Å². The van der Waals surface area contributed by atoms with Gasteiger partial charge in [0.1, 0.15) is 5.70 Å². The number of hydrogen-bond donors (Lipinski definition) is 2. The third-order valence-corrected chi connectivity index (χ3v) is 5.98. The highest BCUT2D eigenvalue weighted by Gasteiger charge is 2.15. The number of nitrogens with one attached hydrogen (secondary N) is 2. The quantitative estimate of drug-likeness (QED) is 0.196. The van der Waals surface area contributed by atoms with E-state index in [1.807, 2.05) is 36.4 Å². The predicted molar refractivity (Wildman–Crippen MR) is 155 cm³/mol. The molecule has 1 aromatic heterocycles. The Balaban J connectivity index is 1.51. The summed E-state index contributed by atoms with van der Waals surface area (Å²) >= 11 is 0. The Bertz CT molecular complexity index is 1490. The molecule has 0 spiro atoms. The van der Waals surface area contributed by atoms with Crippen LogP contribution in [0.25, 0.3) is 12.2 Å². The van der Waals surface area contributed by atoms with Crippen LogP contribution < -0.4 is 10.6 Å². The number of rotatable bonds is 9. The molecule has 0 bridgehead atoms. The molecule has 0 atom stereocenters. The number of nitrogens with zero attached hydrogens (tertiary/aromatic N) is 1. The van der Waals surface area contributed by atoms with Crippen molar-refractivity contribution in [3.8, 4) is 0 Å². The van der Waals surface area contributed by atoms with E-state index in [4.69, 9.17) is 0 Å². The number of aromatic nitrogens is 1. The van der Waals surface area contributed by atoms with E-state index in [0.717, 1.165) is 11.1 Å². The lowest BCUT2D eigenvalue weighted by Gasteiger charge is -2.12. The van der Waals surface area contributed by atoms with Crippen LogP contribution in [-0.2, 0) is 4.79 Å². The van der Waals surface area contributed by atoms with Gasteiger partial charge in [0.25, 0.3) is 11.8 Å². The SMILES string of the molecule is CC(C)c1ccc(/C=C(\NC(=O)c2ccccc2)C(=O)Nc2ccc(C(=O)/C=C/c3cccnc3)cc2)cc1. The number of hydrogen-bond acceptors (Lipinski definition) is 4. The van der Waals surface area contributed by atoms with Crippen molar-refractivity contribution >= 4 is 35.4 Å². The predicted octanol–water partition coefficient (Wildman–Crippen LogP) is 6.51. The number of amides is 2. The van der Waals surface area contributed by atoms with E-state index in [-0.39, 0.29) is 11.5 Å². The minimum atomic E-state index is -0.484. The third kappa shape index (κ3) is 7.69. The molecule has 0 radical (unpaired) electrons. The summed E-state index contributed by atoms with van der Waals surface area (Å²) in [6, 6.07) is 26.8. The summed E-state index contributed by atoms with van der Waals surface area (Å²) in [5, 5.41) is 5.56. The van der Waals surface area contributed by atoms with Crippen molar-refractivity contribution < 1.29 is 14.4 Å². The average Bonchev–Trinajstić information content (AvgIpc) is 2.97. The fourth-order valence-electron chi connectivity index (χ4n) is 3.75. The van der Waals surface area contributed by atoms with Crippen molar-refractivity contribution in [1.29, 1.82) is 0 Å². The van der Waals surface area contributed by atoms with Crippen molar-refractivity contribution in [2.75, 3.05) is 5.32 Å². The van der Waals surface area contributed by atoms with Gasteiger partial charge < -0.3 is 10.6 Å². The molecule has 2 N–H and O–H groups in total. The van der Waals surface area contributed by atoms with Gasteiger partial charge in [0.15, 0.2) is 5.78 Å². The van der Waals surface area contributed by atoms with E-state index in [9.17, 15) is 14.4 Å². The maximum absolute atomic E-state index is 13.3. The van der Waals surface area contributed by atoms with Crippen molar-refractivity contribution in [2.45, 2.75) is 19.8 Å². The highest BCUT2D eigenvalue weighted by molar-refractivity contribution is 6.11. The average molecular weight is 516 g/mol. The zero-order chi connectivity index (χ0) is 27.6. The molecule has 4 rings (SSSR count). The van der Waals surface area contributed by atoms with Gasteiger partial charge in [0.05, 0.1) is 0 Å². The molecule has 0 aliphatic heterocycles. The number of benzene rings is 3. The van der Waals surface area contributed by atoms with Crippen LogP contribution in [0.1, 0.15) is 57.2 Å². The molecule has 2 amide bonds. The lowest BCUT2D eigenvalue weighted by molar-refractivity contribution is -0.113. The molecule has 6 nitrogen and oxygen atoms in total. The summed E-state index contributed by atoms with van der Waals surface area (Å²) < 4.78 is 0. The molecule has 194 valence electrons. The number of allylic oxidation sites excluding steroid dienone is 1. The molecule has 0 saturated heterocycles. The van der Waals surface area contributed by atoms with Gasteiger partial charge in [0.2, 0.25) is 0 Å². The normalized spacial score (nSPS) is 11.4. The first kappa shape index (κ1) is 26.9. The Morgan fingerprint density at radius 2 is 1.49 bits per heavy atom. The van der Waals surface area contributed by atoms with E-state index in [0.29, 0.717) is 22.7 Å². The minimum absolute atomic E-state index is 0.0979. The maximum atomic E-state index is 13.3. The lowest BCUT2D eigenvalue weighted by atomic mass is 10.0. The van der Waals surface area contributed by atoms with Gasteiger partial charge in [-0.1, -0.05) is 62.4 Å². The second-order valence-corrected chi connectivity index (χ2v) is 9.21. The molecule has 3 aromatic carbocycles. The Hall–Kier alpha value is -5.10. The van der Waals surface area contributed by atoms with Gasteiger partial charge in [-0.2, -0.15) is 0 Å². The summed E-state index contributed by atoms with van der Waals surface area (Å²) in [4.78, 5) is 42.7. The second kappa shape index (κ2) is 12.9. The van der Waals surface area contributed by atoms with Crippen molar-refractivity contribution in [3.63, 3.8) is 0 Å². The Morgan fingerprint density at radius 3 is 2.13 bits per heavy atom. The van der Waals surface area contributed by atoms with Crippen molar-refractivity contribution in [2.24, 2.45) is 0 Å². The first-order valence-electron chi connectivity index (χ1n) is 12.6. The number of carbonyl (C=O) groups is 3. The topological polar surface area (TPSA) is 88.2 Å². The zero-order valence-electron chi connectivity index (χ0n) is 21.8. The lowest BCUT2D eigenvalue weighted by Crippen LogP contribution is -2.30. The summed E-state index contributed by atoms with van der Waals surface area (Å²) in [5.41, 5.74) is 4.28. The molecular formula is C33H29N3O3. The molecule has 4 aromatic rings. The Kier molecular flexibility index (Phi) is 8.93. The van der Waals surface area contributed by atoms with Crippen LogP contribution in [0.5, 0.6) is 0 Å². The van der Waals surface area contributed by atoms with Crippen LogP contribution >= 0.6 is 0 Å². The molecule has 0 unspecified atom stereocenters. The number of anilines is 1. The fourth-order valence-corrected chi connectivity index (χ4v) is 3.75. The van der Waals surface area contributed by atoms with Crippen molar-refractivity contribution in [3.05, 3.63) is 143 Å². The summed E-state index contributed by atoms with van der Waals surface area (Å²) in [6.07, 6.45) is 8.16. The Morgan fingerprint density at radius 1 is 0.769 bits per heavy atom. The number of pyridine rings is 1. The molecule has 0 saturated carbocycles. The molecular weight excluding hydrogens is 486 g/mol. The van der Waals surface area contributed by atoms with Gasteiger partial charge in [-0.25, -0.2) is 0 Å². The summed E-state index contributed by atoms with van der Waals surface area (Å²) in [5.74, 6) is -0.665. The maximum Gasteiger partial charge on any atom is 0.272 e. The first-order valence-corrected chi connectivity index (χ1v) is 12.6. The number of ketones is 1. The van der Waals surface area contributed by atoms with E-state index in [1.165, 1.54) is 11.6 Å². The highest BCUT2D eigenvalue weighted by atomic mass is 16.2. The van der Waals surface area contributed by atoms with Crippen LogP contribution in [0.2, 0.25) is 0 Å². The molecule has 6 heteroatoms. The Labute approximate surface area is 228 Å². The van der Waals surface area contributed by atoms with E-state index in [2.05, 4.69) is 29.5 Å². The summed E-state index contributed by atoms with van der Waals surface area (Å²) in [6.45, 7) is 4.22. The highest BCUT2D eigenvalue weighted by Crippen LogP contribution is 2.17. The van der Waals surface area contributed by atoms with E-state index < -0.39 is 11.8 Å². The van der Waals surface area contributed by atoms with Crippen LogP contribution in [-0.4, -0.2) is 22.6 Å². The van der Waals surface area contributed by atoms with Crippen LogP contribution in [0.3, 0.4) is 0 Å². The van der Waals surface area contributed by atoms with E-state index in [1.54, 1.807) is 79.1 Å². The summed E-state index contributed by atoms with van der Waals surface area (Å²) in [7, 11) is 0. The van der Waals surface area contributed by atoms with Gasteiger partial charge in [-0.3, -0.25) is 19.4 Å². The van der Waals surface area contributed by atoms with Crippen LogP contribution in [0, 0.1) is 0 Å². The van der Waals surface area contributed by atoms with Crippen LogP contribution in [0.15, 0.2) is 115 Å². The van der Waals surface area contributed by atoms with Gasteiger partial charge in [-0.15, -0.1) is 0 Å². The third-order valence-electron chi connectivity index (χ3n) is 5.98. The fraction of sp³-hybridized carbons (Fsp3) is 0.0909. The molecule has 0 fully saturated rings.